The lowest BCUT2D eigenvalue weighted by atomic mass is 9.74. The summed E-state index contributed by atoms with van der Waals surface area (Å²) in [5.41, 5.74) is 4.99. The van der Waals surface area contributed by atoms with Crippen LogP contribution < -0.4 is 5.73 Å². The number of aliphatic carboxylic acids is 1. The lowest BCUT2D eigenvalue weighted by Crippen LogP contribution is -2.54. The molecular weight excluding hydrogens is 154 g/mol. The van der Waals surface area contributed by atoms with E-state index in [1.807, 2.05) is 0 Å². The number of carbonyl (C=O) groups is 1. The second-order valence-corrected chi connectivity index (χ2v) is 4.26. The Labute approximate surface area is 71.9 Å². The molecular formula is C9H15NO2. The van der Waals surface area contributed by atoms with Gasteiger partial charge < -0.3 is 10.8 Å². The summed E-state index contributed by atoms with van der Waals surface area (Å²) in [6.45, 7) is 0. The van der Waals surface area contributed by atoms with Crippen molar-refractivity contribution in [2.45, 2.75) is 37.6 Å². The fraction of sp³-hybridized carbons (Fsp3) is 0.889. The van der Waals surface area contributed by atoms with E-state index < -0.39 is 11.5 Å². The summed E-state index contributed by atoms with van der Waals surface area (Å²) in [5, 5.41) is 8.99. The molecule has 2 fully saturated rings. The van der Waals surface area contributed by atoms with Crippen molar-refractivity contribution in [2.24, 2.45) is 17.6 Å². The van der Waals surface area contributed by atoms with Crippen LogP contribution in [0.3, 0.4) is 0 Å². The molecule has 0 unspecified atom stereocenters. The SMILES string of the molecule is N[C@@]1(C(=O)O)CC[C@@H]2CC[C@H]1C2. The molecule has 2 rings (SSSR count). The molecule has 0 aromatic rings. The van der Waals surface area contributed by atoms with E-state index in [9.17, 15) is 4.79 Å². The number of hydrogen-bond acceptors (Lipinski definition) is 2. The van der Waals surface area contributed by atoms with E-state index in [0.717, 1.165) is 25.2 Å². The van der Waals surface area contributed by atoms with Crippen LogP contribution >= 0.6 is 0 Å². The topological polar surface area (TPSA) is 63.3 Å². The molecule has 0 saturated heterocycles. The lowest BCUT2D eigenvalue weighted by Gasteiger charge is -2.35. The maximum atomic E-state index is 10.9. The summed E-state index contributed by atoms with van der Waals surface area (Å²) in [6, 6.07) is 0. The quantitative estimate of drug-likeness (QED) is 0.615. The number of nitrogens with two attached hydrogens (primary N) is 1. The van der Waals surface area contributed by atoms with E-state index in [-0.39, 0.29) is 5.92 Å². The van der Waals surface area contributed by atoms with Crippen molar-refractivity contribution in [1.82, 2.24) is 0 Å². The number of carboxylic acid groups (broad SMARTS) is 1. The molecule has 0 amide bonds. The zero-order chi connectivity index (χ0) is 8.77. The predicted molar refractivity (Wildman–Crippen MR) is 44.6 cm³/mol. The van der Waals surface area contributed by atoms with Gasteiger partial charge in [-0.25, -0.2) is 0 Å². The molecule has 0 heterocycles. The monoisotopic (exact) mass is 169 g/mol. The van der Waals surface area contributed by atoms with E-state index in [1.54, 1.807) is 0 Å². The van der Waals surface area contributed by atoms with Gasteiger partial charge in [0.25, 0.3) is 0 Å². The molecule has 2 bridgehead atoms. The van der Waals surface area contributed by atoms with Crippen LogP contribution in [-0.2, 0) is 4.79 Å². The summed E-state index contributed by atoms with van der Waals surface area (Å²) in [5.74, 6) is 0.215. The van der Waals surface area contributed by atoms with Crippen LogP contribution in [0.15, 0.2) is 0 Å². The van der Waals surface area contributed by atoms with Crippen LogP contribution in [0.4, 0.5) is 0 Å². The highest BCUT2D eigenvalue weighted by Crippen LogP contribution is 2.46. The average molecular weight is 169 g/mol. The fourth-order valence-electron chi connectivity index (χ4n) is 2.73. The number of fused-ring (bicyclic) bond motifs is 2. The highest BCUT2D eigenvalue weighted by Gasteiger charge is 2.49. The Morgan fingerprint density at radius 2 is 2.17 bits per heavy atom. The first kappa shape index (κ1) is 8.05. The van der Waals surface area contributed by atoms with Crippen molar-refractivity contribution in [3.05, 3.63) is 0 Å². The fourth-order valence-corrected chi connectivity index (χ4v) is 2.73. The number of rotatable bonds is 1. The van der Waals surface area contributed by atoms with Crippen LogP contribution in [0.5, 0.6) is 0 Å². The molecule has 3 nitrogen and oxygen atoms in total. The third-order valence-corrected chi connectivity index (χ3v) is 3.63. The van der Waals surface area contributed by atoms with Crippen LogP contribution in [0.2, 0.25) is 0 Å². The first-order chi connectivity index (χ1) is 5.63. The summed E-state index contributed by atoms with van der Waals surface area (Å²) in [7, 11) is 0. The molecule has 2 aliphatic rings. The molecule has 3 heteroatoms. The molecule has 3 N–H and O–H groups in total. The zero-order valence-corrected chi connectivity index (χ0v) is 7.12. The lowest BCUT2D eigenvalue weighted by molar-refractivity contribution is -0.146. The van der Waals surface area contributed by atoms with Crippen LogP contribution in [-0.4, -0.2) is 16.6 Å². The maximum absolute atomic E-state index is 10.9. The Kier molecular flexibility index (Phi) is 1.65. The van der Waals surface area contributed by atoms with E-state index in [4.69, 9.17) is 10.8 Å². The normalized spacial score (nSPS) is 46.1. The average Bonchev–Trinajstić information content (AvgIpc) is 2.43. The largest absolute Gasteiger partial charge is 0.480 e. The Hall–Kier alpha value is -0.570. The second-order valence-electron chi connectivity index (χ2n) is 4.26. The summed E-state index contributed by atoms with van der Waals surface area (Å²) >= 11 is 0. The maximum Gasteiger partial charge on any atom is 0.323 e. The number of carboxylic acids is 1. The third-order valence-electron chi connectivity index (χ3n) is 3.63. The summed E-state index contributed by atoms with van der Waals surface area (Å²) in [6.07, 6.45) is 4.95. The Bertz CT molecular complexity index is 217. The third kappa shape index (κ3) is 0.959. The van der Waals surface area contributed by atoms with E-state index in [2.05, 4.69) is 0 Å². The predicted octanol–water partition coefficient (Wildman–Crippen LogP) is 0.979. The van der Waals surface area contributed by atoms with Crippen LogP contribution in [0.25, 0.3) is 0 Å². The molecule has 0 aromatic heterocycles. The molecule has 0 aliphatic heterocycles. The van der Waals surface area contributed by atoms with Crippen molar-refractivity contribution in [1.29, 1.82) is 0 Å². The van der Waals surface area contributed by atoms with E-state index in [0.29, 0.717) is 6.42 Å². The van der Waals surface area contributed by atoms with Gasteiger partial charge in [0.1, 0.15) is 5.54 Å². The minimum atomic E-state index is -0.896. The van der Waals surface area contributed by atoms with Crippen molar-refractivity contribution < 1.29 is 9.90 Å². The molecule has 68 valence electrons. The van der Waals surface area contributed by atoms with E-state index in [1.165, 1.54) is 6.42 Å². The second kappa shape index (κ2) is 2.46. The zero-order valence-electron chi connectivity index (χ0n) is 7.12. The molecule has 2 saturated carbocycles. The van der Waals surface area contributed by atoms with Crippen LogP contribution in [0.1, 0.15) is 32.1 Å². The van der Waals surface area contributed by atoms with Gasteiger partial charge in [0.05, 0.1) is 0 Å². The van der Waals surface area contributed by atoms with Gasteiger partial charge >= 0.3 is 5.97 Å². The summed E-state index contributed by atoms with van der Waals surface area (Å²) < 4.78 is 0. The van der Waals surface area contributed by atoms with E-state index >= 15 is 0 Å². The standard InChI is InChI=1S/C9H15NO2/c10-9(8(11)12)4-3-6-1-2-7(9)5-6/h6-7H,1-5,10H2,(H,11,12)/t6-,7-,9-/m0/s1. The highest BCUT2D eigenvalue weighted by molar-refractivity contribution is 5.79. The Balaban J connectivity index is 2.21. The van der Waals surface area contributed by atoms with Gasteiger partial charge in [0, 0.05) is 0 Å². The van der Waals surface area contributed by atoms with Gasteiger partial charge in [-0.2, -0.15) is 0 Å². The van der Waals surface area contributed by atoms with Crippen molar-refractivity contribution in [3.8, 4) is 0 Å². The molecule has 12 heavy (non-hydrogen) atoms. The molecule has 0 spiro atoms. The molecule has 0 aromatic carbocycles. The van der Waals surface area contributed by atoms with Gasteiger partial charge in [-0.3, -0.25) is 4.79 Å². The van der Waals surface area contributed by atoms with Crippen molar-refractivity contribution >= 4 is 5.97 Å². The van der Waals surface area contributed by atoms with Crippen LogP contribution in [0, 0.1) is 11.8 Å². The first-order valence-corrected chi connectivity index (χ1v) is 4.65. The minimum absolute atomic E-state index is 0.244. The van der Waals surface area contributed by atoms with Gasteiger partial charge in [-0.1, -0.05) is 6.42 Å². The smallest absolute Gasteiger partial charge is 0.323 e. The molecule has 2 aliphatic carbocycles. The van der Waals surface area contributed by atoms with Gasteiger partial charge in [0.2, 0.25) is 0 Å². The van der Waals surface area contributed by atoms with Crippen molar-refractivity contribution in [2.75, 3.05) is 0 Å². The number of hydrogen-bond donors (Lipinski definition) is 2. The Morgan fingerprint density at radius 3 is 2.83 bits per heavy atom. The highest BCUT2D eigenvalue weighted by atomic mass is 16.4. The van der Waals surface area contributed by atoms with Gasteiger partial charge in [-0.15, -0.1) is 0 Å². The minimum Gasteiger partial charge on any atom is -0.480 e. The van der Waals surface area contributed by atoms with Gasteiger partial charge in [0.15, 0.2) is 0 Å². The Morgan fingerprint density at radius 1 is 1.42 bits per heavy atom. The van der Waals surface area contributed by atoms with Gasteiger partial charge in [-0.05, 0) is 37.5 Å². The first-order valence-electron chi connectivity index (χ1n) is 4.65. The molecule has 0 radical (unpaired) electrons. The van der Waals surface area contributed by atoms with Crippen molar-refractivity contribution in [3.63, 3.8) is 0 Å². The molecule has 3 atom stereocenters. The summed E-state index contributed by atoms with van der Waals surface area (Å²) in [4.78, 5) is 10.9.